The van der Waals surface area contributed by atoms with Gasteiger partial charge in [0.2, 0.25) is 5.91 Å². The van der Waals surface area contributed by atoms with E-state index in [4.69, 9.17) is 9.84 Å². The average molecular weight is 327 g/mol. The van der Waals surface area contributed by atoms with Crippen molar-refractivity contribution >= 4 is 11.9 Å². The number of hydrogen-bond donors (Lipinski definition) is 2. The van der Waals surface area contributed by atoms with Gasteiger partial charge in [-0.05, 0) is 37.1 Å². The van der Waals surface area contributed by atoms with E-state index in [9.17, 15) is 9.59 Å². The molecule has 126 valence electrons. The predicted molar refractivity (Wildman–Crippen MR) is 90.9 cm³/mol. The molecule has 0 aliphatic carbocycles. The number of aryl methyl sites for hydroxylation is 1. The second kappa shape index (κ2) is 8.15. The fourth-order valence-corrected chi connectivity index (χ4v) is 2.25. The lowest BCUT2D eigenvalue weighted by molar-refractivity contribution is -0.141. The Morgan fingerprint density at radius 3 is 2.54 bits per heavy atom. The lowest BCUT2D eigenvalue weighted by Crippen LogP contribution is -2.39. The third kappa shape index (κ3) is 5.43. The largest absolute Gasteiger partial charge is 0.489 e. The molecule has 0 saturated heterocycles. The second-order valence-electron chi connectivity index (χ2n) is 5.73. The maximum atomic E-state index is 11.8. The smallest absolute Gasteiger partial charge is 0.325 e. The summed E-state index contributed by atoms with van der Waals surface area (Å²) in [6.45, 7) is 3.91. The van der Waals surface area contributed by atoms with Gasteiger partial charge in [0.05, 0.1) is 6.42 Å². The van der Waals surface area contributed by atoms with Crippen LogP contribution >= 0.6 is 0 Å². The summed E-state index contributed by atoms with van der Waals surface area (Å²) in [5.74, 6) is -0.715. The van der Waals surface area contributed by atoms with Gasteiger partial charge in [0.1, 0.15) is 18.4 Å². The summed E-state index contributed by atoms with van der Waals surface area (Å²) in [5, 5.41) is 11.2. The number of aliphatic carboxylic acids is 1. The van der Waals surface area contributed by atoms with Crippen molar-refractivity contribution in [1.82, 2.24) is 5.32 Å². The molecule has 0 saturated carbocycles. The molecule has 0 heterocycles. The van der Waals surface area contributed by atoms with Crippen molar-refractivity contribution in [2.24, 2.45) is 0 Å². The molecule has 2 N–H and O–H groups in total. The number of carbonyl (C=O) groups is 2. The van der Waals surface area contributed by atoms with Crippen LogP contribution in [0.4, 0.5) is 0 Å². The van der Waals surface area contributed by atoms with Gasteiger partial charge < -0.3 is 15.2 Å². The summed E-state index contributed by atoms with van der Waals surface area (Å²) < 4.78 is 5.76. The van der Waals surface area contributed by atoms with E-state index in [1.165, 1.54) is 12.5 Å². The fourth-order valence-electron chi connectivity index (χ4n) is 2.25. The van der Waals surface area contributed by atoms with Crippen molar-refractivity contribution in [3.63, 3.8) is 0 Å². The zero-order valence-corrected chi connectivity index (χ0v) is 13.8. The first-order valence-electron chi connectivity index (χ1n) is 7.73. The first-order chi connectivity index (χ1) is 11.4. The molecule has 0 aromatic heterocycles. The number of hydrogen-bond acceptors (Lipinski definition) is 3. The van der Waals surface area contributed by atoms with Crippen molar-refractivity contribution in [2.45, 2.75) is 32.9 Å². The van der Waals surface area contributed by atoms with Gasteiger partial charge in [-0.15, -0.1) is 0 Å². The van der Waals surface area contributed by atoms with Crippen LogP contribution in [0.1, 0.15) is 23.6 Å². The summed E-state index contributed by atoms with van der Waals surface area (Å²) in [4.78, 5) is 22.6. The Hall–Kier alpha value is -2.82. The Labute approximate surface area is 141 Å². The van der Waals surface area contributed by atoms with Gasteiger partial charge in [-0.2, -0.15) is 0 Å². The molecule has 0 fully saturated rings. The minimum absolute atomic E-state index is 0.110. The van der Waals surface area contributed by atoms with Crippen LogP contribution in [0.2, 0.25) is 0 Å². The van der Waals surface area contributed by atoms with Crippen LogP contribution in [-0.4, -0.2) is 23.0 Å². The van der Waals surface area contributed by atoms with E-state index in [0.717, 1.165) is 11.1 Å². The summed E-state index contributed by atoms with van der Waals surface area (Å²) in [7, 11) is 0. The summed E-state index contributed by atoms with van der Waals surface area (Å²) in [5.41, 5.74) is 3.02. The van der Waals surface area contributed by atoms with Crippen LogP contribution in [0, 0.1) is 6.92 Å². The van der Waals surface area contributed by atoms with Crippen molar-refractivity contribution in [3.8, 4) is 5.75 Å². The Kier molecular flexibility index (Phi) is 5.95. The van der Waals surface area contributed by atoms with Crippen LogP contribution in [0.5, 0.6) is 5.75 Å². The molecule has 5 heteroatoms. The Morgan fingerprint density at radius 2 is 1.83 bits per heavy atom. The van der Waals surface area contributed by atoms with Crippen molar-refractivity contribution in [2.75, 3.05) is 0 Å². The average Bonchev–Trinajstić information content (AvgIpc) is 2.53. The van der Waals surface area contributed by atoms with Crippen molar-refractivity contribution in [3.05, 3.63) is 65.2 Å². The Bertz CT molecular complexity index is 727. The van der Waals surface area contributed by atoms with Crippen LogP contribution in [0.25, 0.3) is 0 Å². The second-order valence-corrected chi connectivity index (χ2v) is 5.73. The van der Waals surface area contributed by atoms with E-state index in [-0.39, 0.29) is 12.3 Å². The van der Waals surface area contributed by atoms with Gasteiger partial charge in [0.15, 0.2) is 0 Å². The van der Waals surface area contributed by atoms with Crippen molar-refractivity contribution < 1.29 is 19.4 Å². The molecule has 24 heavy (non-hydrogen) atoms. The monoisotopic (exact) mass is 327 g/mol. The Morgan fingerprint density at radius 1 is 1.12 bits per heavy atom. The highest BCUT2D eigenvalue weighted by atomic mass is 16.5. The Balaban J connectivity index is 1.93. The van der Waals surface area contributed by atoms with E-state index in [1.807, 2.05) is 43.3 Å². The number of amides is 1. The maximum Gasteiger partial charge on any atom is 0.325 e. The first-order valence-corrected chi connectivity index (χ1v) is 7.73. The molecule has 1 atom stereocenters. The molecule has 1 amide bonds. The summed E-state index contributed by atoms with van der Waals surface area (Å²) >= 11 is 0. The van der Waals surface area contributed by atoms with E-state index in [0.29, 0.717) is 12.4 Å². The van der Waals surface area contributed by atoms with E-state index in [1.54, 1.807) is 6.07 Å². The van der Waals surface area contributed by atoms with Gasteiger partial charge in [-0.25, -0.2) is 0 Å². The number of ether oxygens (including phenoxy) is 1. The van der Waals surface area contributed by atoms with Gasteiger partial charge in [-0.3, -0.25) is 9.59 Å². The molecular formula is C19H21NO4. The molecule has 2 rings (SSSR count). The van der Waals surface area contributed by atoms with Crippen LogP contribution in [0.3, 0.4) is 0 Å². The minimum Gasteiger partial charge on any atom is -0.489 e. The number of nitrogens with one attached hydrogen (secondary N) is 1. The number of carboxylic acids is 1. The number of rotatable bonds is 7. The highest BCUT2D eigenvalue weighted by Crippen LogP contribution is 2.16. The lowest BCUT2D eigenvalue weighted by atomic mass is 10.1. The predicted octanol–water partition coefficient (Wildman–Crippen LogP) is 2.71. The quantitative estimate of drug-likeness (QED) is 0.820. The summed E-state index contributed by atoms with van der Waals surface area (Å²) in [6.07, 6.45) is 0.110. The highest BCUT2D eigenvalue weighted by Gasteiger charge is 2.14. The van der Waals surface area contributed by atoms with Crippen molar-refractivity contribution in [1.29, 1.82) is 0 Å². The number of benzene rings is 2. The molecular weight excluding hydrogens is 306 g/mol. The first kappa shape index (κ1) is 17.5. The van der Waals surface area contributed by atoms with Crippen LogP contribution in [0.15, 0.2) is 48.5 Å². The SMILES string of the molecule is Cc1cccc(COc2cccc(CC(=O)N[C@@H](C)C(=O)O)c2)c1. The van der Waals surface area contributed by atoms with E-state index >= 15 is 0 Å². The van der Waals surface area contributed by atoms with Crippen LogP contribution in [-0.2, 0) is 22.6 Å². The molecule has 0 radical (unpaired) electrons. The molecule has 0 aliphatic heterocycles. The number of carboxylic acid groups (broad SMARTS) is 1. The minimum atomic E-state index is -1.06. The standard InChI is InChI=1S/C19H21NO4/c1-13-5-3-7-16(9-13)12-24-17-8-4-6-15(10-17)11-18(21)20-14(2)19(22)23/h3-10,14H,11-12H2,1-2H3,(H,20,21)(H,22,23)/t14-/m0/s1. The van der Waals surface area contributed by atoms with Gasteiger partial charge in [0, 0.05) is 0 Å². The van der Waals surface area contributed by atoms with E-state index in [2.05, 4.69) is 11.4 Å². The molecule has 0 unspecified atom stereocenters. The molecule has 5 nitrogen and oxygen atoms in total. The van der Waals surface area contributed by atoms with Gasteiger partial charge in [-0.1, -0.05) is 42.0 Å². The van der Waals surface area contributed by atoms with Gasteiger partial charge in [0.25, 0.3) is 0 Å². The van der Waals surface area contributed by atoms with E-state index < -0.39 is 12.0 Å². The fraction of sp³-hybridized carbons (Fsp3) is 0.263. The molecule has 0 spiro atoms. The topological polar surface area (TPSA) is 75.6 Å². The lowest BCUT2D eigenvalue weighted by Gasteiger charge is -2.11. The normalized spacial score (nSPS) is 11.6. The summed E-state index contributed by atoms with van der Waals surface area (Å²) in [6, 6.07) is 14.4. The molecule has 0 aliphatic rings. The third-order valence-electron chi connectivity index (χ3n) is 3.50. The third-order valence-corrected chi connectivity index (χ3v) is 3.50. The zero-order valence-electron chi connectivity index (χ0n) is 13.8. The van der Waals surface area contributed by atoms with Crippen LogP contribution < -0.4 is 10.1 Å². The highest BCUT2D eigenvalue weighted by molar-refractivity contribution is 5.84. The van der Waals surface area contributed by atoms with Gasteiger partial charge >= 0.3 is 5.97 Å². The maximum absolute atomic E-state index is 11.8. The molecule has 2 aromatic carbocycles. The molecule has 0 bridgehead atoms. The molecule has 2 aromatic rings. The zero-order chi connectivity index (χ0) is 17.5. The number of carbonyl (C=O) groups excluding carboxylic acids is 1.